The lowest BCUT2D eigenvalue weighted by molar-refractivity contribution is 0.101. The molecule has 0 fully saturated rings. The second-order valence-electron chi connectivity index (χ2n) is 6.58. The number of sulfonamides is 1. The van der Waals surface area contributed by atoms with Crippen molar-refractivity contribution in [2.75, 3.05) is 19.0 Å². The van der Waals surface area contributed by atoms with Gasteiger partial charge in [-0.1, -0.05) is 24.3 Å². The molecule has 3 aromatic rings. The SMILES string of the molecule is CNS(=O)(=O)c1cc(NC(=O)c2ccc(=O)n(CCOc3ccccc3)n2)ccc1C. The van der Waals surface area contributed by atoms with Crippen molar-refractivity contribution >= 4 is 21.6 Å². The molecule has 0 bridgehead atoms. The van der Waals surface area contributed by atoms with Crippen LogP contribution in [0, 0.1) is 6.92 Å². The molecule has 0 saturated carbocycles. The summed E-state index contributed by atoms with van der Waals surface area (Å²) < 4.78 is 33.2. The second kappa shape index (κ2) is 9.54. The van der Waals surface area contributed by atoms with Gasteiger partial charge in [-0.3, -0.25) is 9.59 Å². The minimum atomic E-state index is -3.67. The van der Waals surface area contributed by atoms with Crippen LogP contribution in [0.25, 0.3) is 0 Å². The molecule has 0 atom stereocenters. The van der Waals surface area contributed by atoms with E-state index in [9.17, 15) is 18.0 Å². The summed E-state index contributed by atoms with van der Waals surface area (Å²) in [5.74, 6) is 0.0885. The summed E-state index contributed by atoms with van der Waals surface area (Å²) >= 11 is 0. The standard InChI is InChI=1S/C21H22N4O5S/c1-15-8-9-16(14-19(15)31(28,29)22-2)23-21(27)18-10-11-20(26)25(24-18)12-13-30-17-6-4-3-5-7-17/h3-11,14,22H,12-13H2,1-2H3,(H,23,27). The number of amides is 1. The summed E-state index contributed by atoms with van der Waals surface area (Å²) in [5.41, 5.74) is 0.470. The number of hydrogen-bond acceptors (Lipinski definition) is 6. The Morgan fingerprint density at radius 2 is 1.84 bits per heavy atom. The smallest absolute Gasteiger partial charge is 0.276 e. The summed E-state index contributed by atoms with van der Waals surface area (Å²) in [4.78, 5) is 24.7. The maximum Gasteiger partial charge on any atom is 0.276 e. The number of rotatable bonds is 8. The average Bonchev–Trinajstić information content (AvgIpc) is 2.77. The first-order valence-corrected chi connectivity index (χ1v) is 10.9. The van der Waals surface area contributed by atoms with Crippen LogP contribution in [-0.4, -0.2) is 37.8 Å². The first kappa shape index (κ1) is 22.2. The molecule has 0 aliphatic carbocycles. The van der Waals surface area contributed by atoms with Crippen molar-refractivity contribution in [2.45, 2.75) is 18.4 Å². The summed E-state index contributed by atoms with van der Waals surface area (Å²) in [6.07, 6.45) is 0. The molecule has 0 aliphatic heterocycles. The fourth-order valence-corrected chi connectivity index (χ4v) is 3.76. The van der Waals surface area contributed by atoms with Crippen LogP contribution in [0.5, 0.6) is 5.75 Å². The molecule has 3 rings (SSSR count). The van der Waals surface area contributed by atoms with Crippen LogP contribution in [0.2, 0.25) is 0 Å². The number of ether oxygens (including phenoxy) is 1. The molecule has 10 heteroatoms. The van der Waals surface area contributed by atoms with Gasteiger partial charge in [0, 0.05) is 11.8 Å². The number of carbonyl (C=O) groups excluding carboxylic acids is 1. The van der Waals surface area contributed by atoms with Gasteiger partial charge >= 0.3 is 0 Å². The molecule has 162 valence electrons. The highest BCUT2D eigenvalue weighted by molar-refractivity contribution is 7.89. The molecular weight excluding hydrogens is 420 g/mol. The van der Waals surface area contributed by atoms with Crippen molar-refractivity contribution in [3.63, 3.8) is 0 Å². The van der Waals surface area contributed by atoms with Crippen LogP contribution in [0.15, 0.2) is 70.4 Å². The normalized spacial score (nSPS) is 11.2. The van der Waals surface area contributed by atoms with Gasteiger partial charge in [0.2, 0.25) is 10.0 Å². The zero-order valence-corrected chi connectivity index (χ0v) is 17.8. The number of nitrogens with one attached hydrogen (secondary N) is 2. The molecular formula is C21H22N4O5S. The van der Waals surface area contributed by atoms with Gasteiger partial charge in [0.25, 0.3) is 11.5 Å². The zero-order chi connectivity index (χ0) is 22.4. The molecule has 1 aromatic heterocycles. The van der Waals surface area contributed by atoms with Crippen LogP contribution in [0.1, 0.15) is 16.1 Å². The number of hydrogen-bond donors (Lipinski definition) is 2. The van der Waals surface area contributed by atoms with Crippen LogP contribution in [0.3, 0.4) is 0 Å². The number of aromatic nitrogens is 2. The van der Waals surface area contributed by atoms with Crippen molar-refractivity contribution in [2.24, 2.45) is 0 Å². The van der Waals surface area contributed by atoms with Crippen molar-refractivity contribution in [1.29, 1.82) is 0 Å². The topological polar surface area (TPSA) is 119 Å². The second-order valence-corrected chi connectivity index (χ2v) is 8.44. The number of anilines is 1. The Balaban J connectivity index is 1.73. The van der Waals surface area contributed by atoms with E-state index in [0.717, 1.165) is 4.68 Å². The molecule has 9 nitrogen and oxygen atoms in total. The number of nitrogens with zero attached hydrogens (tertiary/aromatic N) is 2. The van der Waals surface area contributed by atoms with Crippen LogP contribution < -0.4 is 20.3 Å². The first-order chi connectivity index (χ1) is 14.8. The van der Waals surface area contributed by atoms with E-state index in [1.807, 2.05) is 18.2 Å². The fraction of sp³-hybridized carbons (Fsp3) is 0.190. The minimum absolute atomic E-state index is 0.0120. The van der Waals surface area contributed by atoms with Crippen LogP contribution in [-0.2, 0) is 16.6 Å². The fourth-order valence-electron chi connectivity index (χ4n) is 2.77. The van der Waals surface area contributed by atoms with E-state index >= 15 is 0 Å². The van der Waals surface area contributed by atoms with E-state index in [1.54, 1.807) is 31.2 Å². The summed E-state index contributed by atoms with van der Waals surface area (Å²) in [6.45, 7) is 2.01. The molecule has 1 amide bonds. The summed E-state index contributed by atoms with van der Waals surface area (Å²) in [5, 5.41) is 6.70. The van der Waals surface area contributed by atoms with Crippen molar-refractivity contribution in [3.8, 4) is 5.75 Å². The Labute approximate surface area is 179 Å². The van der Waals surface area contributed by atoms with E-state index < -0.39 is 15.9 Å². The summed E-state index contributed by atoms with van der Waals surface area (Å²) in [6, 6.07) is 16.2. The molecule has 0 saturated heterocycles. The number of para-hydroxylation sites is 1. The Morgan fingerprint density at radius 1 is 1.10 bits per heavy atom. The lowest BCUT2D eigenvalue weighted by Crippen LogP contribution is -2.28. The van der Waals surface area contributed by atoms with Crippen LogP contribution >= 0.6 is 0 Å². The molecule has 0 unspecified atom stereocenters. The Morgan fingerprint density at radius 3 is 2.55 bits per heavy atom. The molecule has 2 N–H and O–H groups in total. The van der Waals surface area contributed by atoms with Crippen LogP contribution in [0.4, 0.5) is 5.69 Å². The highest BCUT2D eigenvalue weighted by atomic mass is 32.2. The van der Waals surface area contributed by atoms with E-state index in [0.29, 0.717) is 11.3 Å². The molecule has 31 heavy (non-hydrogen) atoms. The third kappa shape index (κ3) is 5.56. The monoisotopic (exact) mass is 442 g/mol. The largest absolute Gasteiger partial charge is 0.492 e. The van der Waals surface area contributed by atoms with Gasteiger partial charge in [-0.25, -0.2) is 17.8 Å². The lowest BCUT2D eigenvalue weighted by atomic mass is 10.2. The molecule has 0 radical (unpaired) electrons. The number of aryl methyl sites for hydroxylation is 1. The highest BCUT2D eigenvalue weighted by Crippen LogP contribution is 2.20. The van der Waals surface area contributed by atoms with E-state index in [-0.39, 0.29) is 35.0 Å². The molecule has 1 heterocycles. The van der Waals surface area contributed by atoms with Gasteiger partial charge in [0.05, 0.1) is 11.4 Å². The first-order valence-electron chi connectivity index (χ1n) is 9.42. The Bertz CT molecular complexity index is 1240. The predicted molar refractivity (Wildman–Crippen MR) is 116 cm³/mol. The van der Waals surface area contributed by atoms with E-state index in [1.165, 1.54) is 25.2 Å². The molecule has 2 aromatic carbocycles. The highest BCUT2D eigenvalue weighted by Gasteiger charge is 2.17. The van der Waals surface area contributed by atoms with Crippen molar-refractivity contribution < 1.29 is 17.9 Å². The van der Waals surface area contributed by atoms with Gasteiger partial charge in [0.15, 0.2) is 0 Å². The maximum atomic E-state index is 12.6. The van der Waals surface area contributed by atoms with Gasteiger partial charge in [0.1, 0.15) is 18.1 Å². The zero-order valence-electron chi connectivity index (χ0n) is 17.0. The third-order valence-corrected chi connectivity index (χ3v) is 5.97. The quantitative estimate of drug-likeness (QED) is 0.549. The average molecular weight is 442 g/mol. The number of carbonyl (C=O) groups is 1. The lowest BCUT2D eigenvalue weighted by Gasteiger charge is -2.11. The van der Waals surface area contributed by atoms with Gasteiger partial charge in [-0.2, -0.15) is 5.10 Å². The molecule has 0 spiro atoms. The maximum absolute atomic E-state index is 12.6. The van der Waals surface area contributed by atoms with Crippen molar-refractivity contribution in [1.82, 2.24) is 14.5 Å². The van der Waals surface area contributed by atoms with E-state index in [4.69, 9.17) is 4.74 Å². The van der Waals surface area contributed by atoms with Gasteiger partial charge in [-0.15, -0.1) is 0 Å². The number of benzene rings is 2. The van der Waals surface area contributed by atoms with Gasteiger partial charge < -0.3 is 10.1 Å². The van der Waals surface area contributed by atoms with Gasteiger partial charge in [-0.05, 0) is 49.9 Å². The third-order valence-electron chi connectivity index (χ3n) is 4.42. The minimum Gasteiger partial charge on any atom is -0.492 e. The Kier molecular flexibility index (Phi) is 6.83. The van der Waals surface area contributed by atoms with E-state index in [2.05, 4.69) is 15.1 Å². The Hall–Kier alpha value is -3.50. The summed E-state index contributed by atoms with van der Waals surface area (Å²) in [7, 11) is -2.36. The predicted octanol–water partition coefficient (Wildman–Crippen LogP) is 1.79. The van der Waals surface area contributed by atoms with Crippen molar-refractivity contribution in [3.05, 3.63) is 82.3 Å². The molecule has 0 aliphatic rings.